The van der Waals surface area contributed by atoms with Crippen molar-refractivity contribution in [3.63, 3.8) is 0 Å². The summed E-state index contributed by atoms with van der Waals surface area (Å²) in [5, 5.41) is 0. The zero-order valence-corrected chi connectivity index (χ0v) is 52.6. The molecule has 0 radical (unpaired) electrons. The lowest BCUT2D eigenvalue weighted by Gasteiger charge is -2.19. The second kappa shape index (κ2) is 64.2. The van der Waals surface area contributed by atoms with Crippen molar-refractivity contribution >= 4 is 19.8 Å². The van der Waals surface area contributed by atoms with Gasteiger partial charge in [0, 0.05) is 19.4 Å². The molecule has 0 heterocycles. The molecule has 2 atom stereocenters. The van der Waals surface area contributed by atoms with Gasteiger partial charge >= 0.3 is 19.8 Å². The molecule has 0 saturated carbocycles. The summed E-state index contributed by atoms with van der Waals surface area (Å²) in [5.41, 5.74) is 5.39. The minimum absolute atomic E-state index is 0.0587. The maximum Gasteiger partial charge on any atom is 0.472 e. The van der Waals surface area contributed by atoms with Gasteiger partial charge in [0.05, 0.1) is 13.2 Å². The minimum Gasteiger partial charge on any atom is -0.462 e. The Hall–Kier alpha value is -0.990. The van der Waals surface area contributed by atoms with Gasteiger partial charge in [-0.3, -0.25) is 18.6 Å². The fourth-order valence-electron chi connectivity index (χ4n) is 10.9. The van der Waals surface area contributed by atoms with Crippen LogP contribution in [0.2, 0.25) is 0 Å². The van der Waals surface area contributed by atoms with Crippen LogP contribution >= 0.6 is 7.82 Å². The number of nitrogens with two attached hydrogens (primary N) is 1. The van der Waals surface area contributed by atoms with Gasteiger partial charge in [0.25, 0.3) is 0 Å². The summed E-state index contributed by atoms with van der Waals surface area (Å²) >= 11 is 0. The van der Waals surface area contributed by atoms with Gasteiger partial charge in [-0.2, -0.15) is 0 Å². The molecule has 0 aromatic rings. The molecule has 0 aromatic heterocycles. The monoisotopic (exact) mass is 1110 g/mol. The molecular formula is C67H134NO8P. The first kappa shape index (κ1) is 76.0. The SMILES string of the molecule is CCCCCCCCCCCCCCCCCCCCCCCCCCCCCCCCCCCCCCCCCC(=O)OC(COC(=O)CCCCCCCCCCCCCCCCCCC)COP(=O)(O)OCCN. The van der Waals surface area contributed by atoms with Crippen molar-refractivity contribution in [2.24, 2.45) is 5.73 Å². The third-order valence-electron chi connectivity index (χ3n) is 16.0. The zero-order chi connectivity index (χ0) is 55.9. The van der Waals surface area contributed by atoms with Crippen LogP contribution in [-0.2, 0) is 32.7 Å². The Morgan fingerprint density at radius 2 is 0.558 bits per heavy atom. The van der Waals surface area contributed by atoms with E-state index in [0.29, 0.717) is 6.42 Å². The highest BCUT2D eigenvalue weighted by molar-refractivity contribution is 7.47. The average Bonchev–Trinajstić information content (AvgIpc) is 3.42. The lowest BCUT2D eigenvalue weighted by Crippen LogP contribution is -2.29. The molecule has 2 unspecified atom stereocenters. The molecule has 77 heavy (non-hydrogen) atoms. The molecule has 0 fully saturated rings. The molecule has 0 aliphatic heterocycles. The van der Waals surface area contributed by atoms with E-state index in [4.69, 9.17) is 24.3 Å². The largest absolute Gasteiger partial charge is 0.472 e. The standard InChI is InChI=1S/C67H134NO8P/c1-3-5-7-9-11-13-15-17-19-21-22-23-24-25-26-27-28-29-30-31-32-33-34-35-36-37-38-39-40-41-42-44-46-48-50-52-54-56-58-60-67(70)76-65(64-75-77(71,72)74-62-61-68)63-73-66(69)59-57-55-53-51-49-47-45-43-20-18-16-14-12-10-8-6-4-2/h65H,3-64,68H2,1-2H3,(H,71,72). The van der Waals surface area contributed by atoms with Gasteiger partial charge < -0.3 is 20.1 Å². The van der Waals surface area contributed by atoms with Crippen molar-refractivity contribution in [3.05, 3.63) is 0 Å². The molecule has 0 saturated heterocycles. The summed E-state index contributed by atoms with van der Waals surface area (Å²) < 4.78 is 33.1. The van der Waals surface area contributed by atoms with E-state index < -0.39 is 26.5 Å². The summed E-state index contributed by atoms with van der Waals surface area (Å²) in [6.07, 6.45) is 75.1. The van der Waals surface area contributed by atoms with E-state index in [0.717, 1.165) is 32.1 Å². The van der Waals surface area contributed by atoms with Gasteiger partial charge in [-0.05, 0) is 12.8 Å². The molecule has 0 amide bonds. The van der Waals surface area contributed by atoms with Crippen molar-refractivity contribution in [2.75, 3.05) is 26.4 Å². The topological polar surface area (TPSA) is 134 Å². The van der Waals surface area contributed by atoms with Gasteiger partial charge in [-0.15, -0.1) is 0 Å². The molecule has 10 heteroatoms. The predicted octanol–water partition coefficient (Wildman–Crippen LogP) is 22.2. The number of phosphoric acid groups is 1. The fraction of sp³-hybridized carbons (Fsp3) is 0.970. The van der Waals surface area contributed by atoms with E-state index in [2.05, 4.69) is 13.8 Å². The highest BCUT2D eigenvalue weighted by Gasteiger charge is 2.26. The number of carbonyl (C=O) groups is 2. The Morgan fingerprint density at radius 1 is 0.338 bits per heavy atom. The smallest absolute Gasteiger partial charge is 0.462 e. The summed E-state index contributed by atoms with van der Waals surface area (Å²) in [5.74, 6) is -0.800. The highest BCUT2D eigenvalue weighted by Crippen LogP contribution is 2.43. The van der Waals surface area contributed by atoms with Crippen LogP contribution in [0.1, 0.15) is 386 Å². The maximum absolute atomic E-state index is 12.7. The van der Waals surface area contributed by atoms with Crippen LogP contribution in [0.5, 0.6) is 0 Å². The molecule has 3 N–H and O–H groups in total. The first-order chi connectivity index (χ1) is 37.8. The Morgan fingerprint density at radius 3 is 0.792 bits per heavy atom. The molecule has 0 aliphatic rings. The normalized spacial score (nSPS) is 12.8. The van der Waals surface area contributed by atoms with E-state index in [1.54, 1.807) is 0 Å². The third kappa shape index (κ3) is 64.1. The zero-order valence-electron chi connectivity index (χ0n) is 51.7. The van der Waals surface area contributed by atoms with Crippen molar-refractivity contribution in [3.8, 4) is 0 Å². The lowest BCUT2D eigenvalue weighted by molar-refractivity contribution is -0.161. The van der Waals surface area contributed by atoms with Gasteiger partial charge in [0.2, 0.25) is 0 Å². The number of hydrogen-bond acceptors (Lipinski definition) is 8. The molecule has 0 aliphatic carbocycles. The summed E-state index contributed by atoms with van der Waals surface area (Å²) in [7, 11) is -4.38. The number of hydrogen-bond donors (Lipinski definition) is 2. The second-order valence-electron chi connectivity index (χ2n) is 23.8. The molecule has 0 rings (SSSR count). The maximum atomic E-state index is 12.7. The second-order valence-corrected chi connectivity index (χ2v) is 25.2. The number of ether oxygens (including phenoxy) is 2. The van der Waals surface area contributed by atoms with Crippen LogP contribution in [0.25, 0.3) is 0 Å². The molecule has 0 aromatic carbocycles. The van der Waals surface area contributed by atoms with Crippen molar-refractivity contribution in [1.82, 2.24) is 0 Å². The van der Waals surface area contributed by atoms with E-state index >= 15 is 0 Å². The van der Waals surface area contributed by atoms with E-state index in [9.17, 15) is 19.0 Å². The minimum atomic E-state index is -4.38. The van der Waals surface area contributed by atoms with Crippen LogP contribution < -0.4 is 5.73 Å². The van der Waals surface area contributed by atoms with Crippen molar-refractivity contribution < 1.29 is 37.6 Å². The molecule has 0 spiro atoms. The quantitative estimate of drug-likeness (QED) is 0.0347. The van der Waals surface area contributed by atoms with Crippen LogP contribution in [0.4, 0.5) is 0 Å². The van der Waals surface area contributed by atoms with Gasteiger partial charge in [-0.1, -0.05) is 361 Å². The lowest BCUT2D eigenvalue weighted by atomic mass is 10.0. The Kier molecular flexibility index (Phi) is 63.4. The molecule has 460 valence electrons. The first-order valence-electron chi connectivity index (χ1n) is 34.5. The number of phosphoric ester groups is 1. The van der Waals surface area contributed by atoms with E-state index in [-0.39, 0.29) is 38.6 Å². The Balaban J connectivity index is 3.70. The predicted molar refractivity (Wildman–Crippen MR) is 331 cm³/mol. The molecule has 0 bridgehead atoms. The van der Waals surface area contributed by atoms with E-state index in [1.807, 2.05) is 0 Å². The number of unbranched alkanes of at least 4 members (excludes halogenated alkanes) is 54. The third-order valence-corrected chi connectivity index (χ3v) is 17.0. The number of carbonyl (C=O) groups excluding carboxylic acids is 2. The first-order valence-corrected chi connectivity index (χ1v) is 36.0. The van der Waals surface area contributed by atoms with E-state index in [1.165, 1.54) is 321 Å². The summed E-state index contributed by atoms with van der Waals surface area (Å²) in [4.78, 5) is 35.2. The molecular weight excluding hydrogens is 978 g/mol. The highest BCUT2D eigenvalue weighted by atomic mass is 31.2. The number of rotatable bonds is 67. The van der Waals surface area contributed by atoms with Gasteiger partial charge in [-0.25, -0.2) is 4.57 Å². The Bertz CT molecular complexity index is 1220. The van der Waals surface area contributed by atoms with Crippen LogP contribution in [0.3, 0.4) is 0 Å². The molecule has 9 nitrogen and oxygen atoms in total. The summed E-state index contributed by atoms with van der Waals surface area (Å²) in [6.45, 7) is 3.83. The number of esters is 2. The van der Waals surface area contributed by atoms with Gasteiger partial charge in [0.1, 0.15) is 6.61 Å². The van der Waals surface area contributed by atoms with Crippen molar-refractivity contribution in [1.29, 1.82) is 0 Å². The summed E-state index contributed by atoms with van der Waals surface area (Å²) in [6, 6.07) is 0. The Labute approximate surface area is 479 Å². The fourth-order valence-corrected chi connectivity index (χ4v) is 11.6. The van der Waals surface area contributed by atoms with Crippen LogP contribution in [0, 0.1) is 0 Å². The average molecular weight is 1110 g/mol. The van der Waals surface area contributed by atoms with Crippen LogP contribution in [-0.4, -0.2) is 49.3 Å². The van der Waals surface area contributed by atoms with Gasteiger partial charge in [0.15, 0.2) is 6.10 Å². The van der Waals surface area contributed by atoms with Crippen LogP contribution in [0.15, 0.2) is 0 Å². The van der Waals surface area contributed by atoms with Crippen molar-refractivity contribution in [2.45, 2.75) is 392 Å².